The van der Waals surface area contributed by atoms with Crippen LogP contribution in [-0.2, 0) is 11.3 Å². The van der Waals surface area contributed by atoms with Gasteiger partial charge in [-0.05, 0) is 66.7 Å². The van der Waals surface area contributed by atoms with Gasteiger partial charge in [0.05, 0.1) is 0 Å². The average Bonchev–Trinajstić information content (AvgIpc) is 3.15. The molecule has 1 heterocycles. The van der Waals surface area contributed by atoms with Gasteiger partial charge in [0, 0.05) is 17.1 Å². The van der Waals surface area contributed by atoms with E-state index < -0.39 is 5.97 Å². The van der Waals surface area contributed by atoms with Gasteiger partial charge in [-0.3, -0.25) is 0 Å². The zero-order valence-corrected chi connectivity index (χ0v) is 17.9. The summed E-state index contributed by atoms with van der Waals surface area (Å²) >= 11 is 7.02. The molecule has 0 bridgehead atoms. The van der Waals surface area contributed by atoms with Crippen molar-refractivity contribution in [3.63, 3.8) is 0 Å². The van der Waals surface area contributed by atoms with Crippen molar-refractivity contribution < 1.29 is 14.6 Å². The van der Waals surface area contributed by atoms with Crippen LogP contribution in [0.15, 0.2) is 71.2 Å². The van der Waals surface area contributed by atoms with Crippen molar-refractivity contribution >= 4 is 35.4 Å². The first kappa shape index (κ1) is 21.7. The SMILES string of the molecule is C=CCOc1cccc(/C=C(\Sc2nnc(-c3ccc(Cl)cc3)n2CC)C(=O)O)c1. The molecule has 0 saturated heterocycles. The minimum Gasteiger partial charge on any atom is -0.490 e. The lowest BCUT2D eigenvalue weighted by Crippen LogP contribution is -2.02. The maximum atomic E-state index is 11.9. The molecule has 3 aromatic rings. The highest BCUT2D eigenvalue weighted by atomic mass is 35.5. The molecule has 0 saturated carbocycles. The minimum absolute atomic E-state index is 0.126. The van der Waals surface area contributed by atoms with Gasteiger partial charge in [0.2, 0.25) is 0 Å². The van der Waals surface area contributed by atoms with E-state index >= 15 is 0 Å². The Morgan fingerprint density at radius 3 is 2.70 bits per heavy atom. The summed E-state index contributed by atoms with van der Waals surface area (Å²) in [6.07, 6.45) is 3.24. The Kier molecular flexibility index (Phi) is 7.32. The van der Waals surface area contributed by atoms with Crippen LogP contribution in [0.5, 0.6) is 5.75 Å². The number of rotatable bonds is 9. The Hall–Kier alpha value is -3.03. The topological polar surface area (TPSA) is 77.2 Å². The lowest BCUT2D eigenvalue weighted by Gasteiger charge is -2.08. The summed E-state index contributed by atoms with van der Waals surface area (Å²) in [4.78, 5) is 12.0. The number of hydrogen-bond acceptors (Lipinski definition) is 5. The predicted molar refractivity (Wildman–Crippen MR) is 120 cm³/mol. The molecular formula is C22H20ClN3O3S. The third-order valence-corrected chi connectivity index (χ3v) is 5.32. The van der Waals surface area contributed by atoms with E-state index in [1.54, 1.807) is 36.4 Å². The van der Waals surface area contributed by atoms with Crippen molar-refractivity contribution in [1.29, 1.82) is 0 Å². The maximum Gasteiger partial charge on any atom is 0.342 e. The molecule has 1 aromatic heterocycles. The van der Waals surface area contributed by atoms with E-state index in [2.05, 4.69) is 16.8 Å². The van der Waals surface area contributed by atoms with Gasteiger partial charge < -0.3 is 14.4 Å². The highest BCUT2D eigenvalue weighted by Crippen LogP contribution is 2.31. The van der Waals surface area contributed by atoms with Crippen LogP contribution >= 0.6 is 23.4 Å². The average molecular weight is 442 g/mol. The fourth-order valence-corrected chi connectivity index (χ4v) is 3.71. The van der Waals surface area contributed by atoms with Crippen molar-refractivity contribution in [2.75, 3.05) is 6.61 Å². The monoisotopic (exact) mass is 441 g/mol. The van der Waals surface area contributed by atoms with E-state index in [0.29, 0.717) is 40.5 Å². The largest absolute Gasteiger partial charge is 0.490 e. The minimum atomic E-state index is -1.05. The van der Waals surface area contributed by atoms with E-state index in [1.165, 1.54) is 0 Å². The van der Waals surface area contributed by atoms with Crippen LogP contribution < -0.4 is 4.74 Å². The Balaban J connectivity index is 1.90. The summed E-state index contributed by atoms with van der Waals surface area (Å²) in [5.41, 5.74) is 1.57. The summed E-state index contributed by atoms with van der Waals surface area (Å²) in [6.45, 7) is 6.54. The number of carboxylic acid groups (broad SMARTS) is 1. The van der Waals surface area contributed by atoms with Crippen LogP contribution in [0, 0.1) is 0 Å². The van der Waals surface area contributed by atoms with Gasteiger partial charge >= 0.3 is 5.97 Å². The number of nitrogens with zero attached hydrogens (tertiary/aromatic N) is 3. The van der Waals surface area contributed by atoms with Crippen molar-refractivity contribution in [2.45, 2.75) is 18.6 Å². The fraction of sp³-hybridized carbons (Fsp3) is 0.136. The smallest absolute Gasteiger partial charge is 0.342 e. The summed E-state index contributed by atoms with van der Waals surface area (Å²) in [5.74, 6) is 0.248. The number of hydrogen-bond donors (Lipinski definition) is 1. The van der Waals surface area contributed by atoms with Crippen LogP contribution in [0.4, 0.5) is 0 Å². The van der Waals surface area contributed by atoms with Crippen molar-refractivity contribution in [3.8, 4) is 17.1 Å². The second-order valence-corrected chi connectivity index (χ2v) is 7.59. The number of carbonyl (C=O) groups is 1. The number of halogens is 1. The van der Waals surface area contributed by atoms with Gasteiger partial charge in [0.1, 0.15) is 17.3 Å². The van der Waals surface area contributed by atoms with E-state index in [4.69, 9.17) is 16.3 Å². The molecule has 1 N–H and O–H groups in total. The first-order chi connectivity index (χ1) is 14.5. The molecule has 0 unspecified atom stereocenters. The van der Waals surface area contributed by atoms with Gasteiger partial charge in [0.25, 0.3) is 0 Å². The first-order valence-electron chi connectivity index (χ1n) is 9.17. The third kappa shape index (κ3) is 5.31. The molecule has 2 aromatic carbocycles. The molecule has 0 atom stereocenters. The van der Waals surface area contributed by atoms with Crippen LogP contribution in [0.3, 0.4) is 0 Å². The number of thioether (sulfide) groups is 1. The number of aromatic nitrogens is 3. The summed E-state index contributed by atoms with van der Waals surface area (Å²) < 4.78 is 7.39. The molecule has 0 fully saturated rings. The van der Waals surface area contributed by atoms with Gasteiger partial charge in [-0.2, -0.15) is 0 Å². The Bertz CT molecular complexity index is 1080. The summed E-state index contributed by atoms with van der Waals surface area (Å²) in [7, 11) is 0. The van der Waals surface area contributed by atoms with Crippen LogP contribution in [0.1, 0.15) is 12.5 Å². The van der Waals surface area contributed by atoms with E-state index in [9.17, 15) is 9.90 Å². The Morgan fingerprint density at radius 2 is 2.03 bits per heavy atom. The molecule has 0 aliphatic heterocycles. The zero-order valence-electron chi connectivity index (χ0n) is 16.3. The standard InChI is InChI=1S/C22H20ClN3O3S/c1-3-12-29-18-7-5-6-15(13-18)14-19(21(27)28)30-22-25-24-20(26(22)4-2)16-8-10-17(23)11-9-16/h3,5-11,13-14H,1,4,12H2,2H3,(H,27,28)/b19-14-. The number of carboxylic acids is 1. The molecule has 0 aliphatic carbocycles. The lowest BCUT2D eigenvalue weighted by molar-refractivity contribution is -0.131. The van der Waals surface area contributed by atoms with E-state index in [0.717, 1.165) is 17.3 Å². The quantitative estimate of drug-likeness (QED) is 0.272. The van der Waals surface area contributed by atoms with Gasteiger partial charge in [-0.25, -0.2) is 4.79 Å². The molecule has 0 radical (unpaired) electrons. The highest BCUT2D eigenvalue weighted by Gasteiger charge is 2.18. The second kappa shape index (κ2) is 10.1. The fourth-order valence-electron chi connectivity index (χ4n) is 2.70. The Morgan fingerprint density at radius 1 is 1.27 bits per heavy atom. The molecule has 6 nitrogen and oxygen atoms in total. The van der Waals surface area contributed by atoms with Crippen LogP contribution in [0.2, 0.25) is 5.02 Å². The summed E-state index contributed by atoms with van der Waals surface area (Å²) in [6, 6.07) is 14.5. The molecule has 8 heteroatoms. The zero-order chi connectivity index (χ0) is 21.5. The van der Waals surface area contributed by atoms with Crippen LogP contribution in [-0.4, -0.2) is 32.4 Å². The molecule has 0 amide bonds. The van der Waals surface area contributed by atoms with Gasteiger partial charge in [-0.1, -0.05) is 36.4 Å². The predicted octanol–water partition coefficient (Wildman–Crippen LogP) is 5.40. The third-order valence-electron chi connectivity index (χ3n) is 4.07. The van der Waals surface area contributed by atoms with Crippen molar-refractivity contribution in [1.82, 2.24) is 14.8 Å². The van der Waals surface area contributed by atoms with E-state index in [1.807, 2.05) is 35.8 Å². The lowest BCUT2D eigenvalue weighted by atomic mass is 10.2. The maximum absolute atomic E-state index is 11.9. The summed E-state index contributed by atoms with van der Waals surface area (Å²) in [5, 5.41) is 19.3. The normalized spacial score (nSPS) is 11.3. The van der Waals surface area contributed by atoms with Gasteiger partial charge in [-0.15, -0.1) is 10.2 Å². The molecule has 30 heavy (non-hydrogen) atoms. The molecule has 154 valence electrons. The molecular weight excluding hydrogens is 422 g/mol. The molecule has 0 spiro atoms. The highest BCUT2D eigenvalue weighted by molar-refractivity contribution is 8.04. The number of benzene rings is 2. The number of ether oxygens (including phenoxy) is 1. The Labute approximate surface area is 183 Å². The number of aliphatic carboxylic acids is 1. The molecule has 3 rings (SSSR count). The second-order valence-electron chi connectivity index (χ2n) is 6.15. The van der Waals surface area contributed by atoms with E-state index in [-0.39, 0.29) is 4.91 Å². The van der Waals surface area contributed by atoms with Crippen LogP contribution in [0.25, 0.3) is 17.5 Å². The van der Waals surface area contributed by atoms with Gasteiger partial charge in [0.15, 0.2) is 11.0 Å². The first-order valence-corrected chi connectivity index (χ1v) is 10.4. The molecule has 0 aliphatic rings. The van der Waals surface area contributed by atoms with Crippen molar-refractivity contribution in [2.24, 2.45) is 0 Å². The van der Waals surface area contributed by atoms with Crippen molar-refractivity contribution in [3.05, 3.63) is 76.7 Å².